The van der Waals surface area contributed by atoms with Gasteiger partial charge in [-0.3, -0.25) is 0 Å². The Morgan fingerprint density at radius 3 is 3.20 bits per heavy atom. The Morgan fingerprint density at radius 1 is 1.40 bits per heavy atom. The van der Waals surface area contributed by atoms with Gasteiger partial charge < -0.3 is 9.73 Å². The van der Waals surface area contributed by atoms with E-state index in [1.165, 1.54) is 40.3 Å². The van der Waals surface area contributed by atoms with Gasteiger partial charge >= 0.3 is 0 Å². The molecule has 1 N–H and O–H groups in total. The molecule has 0 radical (unpaired) electrons. The molecule has 1 saturated carbocycles. The van der Waals surface area contributed by atoms with E-state index in [1.54, 1.807) is 0 Å². The summed E-state index contributed by atoms with van der Waals surface area (Å²) < 4.78 is 5.90. The van der Waals surface area contributed by atoms with E-state index in [-0.39, 0.29) is 0 Å². The molecule has 4 rings (SSSR count). The molecule has 0 aromatic carbocycles. The molecule has 3 nitrogen and oxygen atoms in total. The number of nitrogens with one attached hydrogen (secondary N) is 1. The second-order valence-corrected chi connectivity index (χ2v) is 7.70. The average Bonchev–Trinajstić information content (AvgIpc) is 3.01. The molecule has 106 valence electrons. The van der Waals surface area contributed by atoms with Gasteiger partial charge in [0.2, 0.25) is 0 Å². The Kier molecular flexibility index (Phi) is 3.58. The second kappa shape index (κ2) is 5.54. The number of hydrogen-bond acceptors (Lipinski definition) is 5. The summed E-state index contributed by atoms with van der Waals surface area (Å²) in [4.78, 5) is 7.19. The third kappa shape index (κ3) is 2.80. The molecule has 5 heteroatoms. The zero-order valence-corrected chi connectivity index (χ0v) is 13.0. The molecule has 0 saturated heterocycles. The summed E-state index contributed by atoms with van der Waals surface area (Å²) in [5, 5.41) is 3.49. The lowest BCUT2D eigenvalue weighted by atomic mass is 10.2. The number of aromatic nitrogens is 1. The zero-order valence-electron chi connectivity index (χ0n) is 11.4. The molecular formula is C15H18N2OS2. The highest BCUT2D eigenvalue weighted by Crippen LogP contribution is 2.37. The first-order chi connectivity index (χ1) is 9.88. The van der Waals surface area contributed by atoms with Crippen molar-refractivity contribution in [1.29, 1.82) is 0 Å². The molecule has 2 aromatic heterocycles. The molecule has 0 amide bonds. The standard InChI is InChI=1S/C15H18N2OS2/c1-2-11(1)16-5-3-15-17-8-12(18-15)14-7-10-9-19-6-4-13(10)20-14/h7-8,11,16H,1-6,9H2. The maximum absolute atomic E-state index is 5.90. The Balaban J connectivity index is 1.44. The molecule has 1 fully saturated rings. The highest BCUT2D eigenvalue weighted by atomic mass is 32.2. The van der Waals surface area contributed by atoms with Gasteiger partial charge in [-0.15, -0.1) is 11.3 Å². The predicted molar refractivity (Wildman–Crippen MR) is 84.4 cm³/mol. The van der Waals surface area contributed by atoms with E-state index in [4.69, 9.17) is 4.42 Å². The summed E-state index contributed by atoms with van der Waals surface area (Å²) in [6.45, 7) is 0.974. The van der Waals surface area contributed by atoms with Crippen LogP contribution < -0.4 is 5.32 Å². The number of hydrogen-bond donors (Lipinski definition) is 1. The molecule has 0 atom stereocenters. The first-order valence-electron chi connectivity index (χ1n) is 7.26. The normalized spacial score (nSPS) is 18.2. The van der Waals surface area contributed by atoms with Gasteiger partial charge in [-0.25, -0.2) is 4.98 Å². The lowest BCUT2D eigenvalue weighted by molar-refractivity contribution is 0.495. The number of rotatable bonds is 5. The minimum absolute atomic E-state index is 0.756. The molecule has 20 heavy (non-hydrogen) atoms. The number of fused-ring (bicyclic) bond motifs is 1. The number of nitrogens with zero attached hydrogens (tertiary/aromatic N) is 1. The van der Waals surface area contributed by atoms with E-state index < -0.39 is 0 Å². The maximum atomic E-state index is 5.90. The van der Waals surface area contributed by atoms with E-state index in [2.05, 4.69) is 16.4 Å². The van der Waals surface area contributed by atoms with Gasteiger partial charge in [0.15, 0.2) is 11.7 Å². The van der Waals surface area contributed by atoms with Gasteiger partial charge in [-0.2, -0.15) is 11.8 Å². The van der Waals surface area contributed by atoms with Crippen LogP contribution in [0.1, 0.15) is 29.2 Å². The fraction of sp³-hybridized carbons (Fsp3) is 0.533. The van der Waals surface area contributed by atoms with Crippen molar-refractivity contribution in [2.24, 2.45) is 0 Å². The lowest BCUT2D eigenvalue weighted by Gasteiger charge is -2.08. The molecular weight excluding hydrogens is 288 g/mol. The number of thioether (sulfide) groups is 1. The molecule has 1 aliphatic heterocycles. The van der Waals surface area contributed by atoms with Gasteiger partial charge in [-0.1, -0.05) is 0 Å². The highest BCUT2D eigenvalue weighted by molar-refractivity contribution is 7.98. The van der Waals surface area contributed by atoms with E-state index in [0.717, 1.165) is 36.4 Å². The van der Waals surface area contributed by atoms with Gasteiger partial charge in [0.25, 0.3) is 0 Å². The van der Waals surface area contributed by atoms with Gasteiger partial charge in [0.05, 0.1) is 11.1 Å². The molecule has 3 heterocycles. The van der Waals surface area contributed by atoms with Crippen LogP contribution in [0.3, 0.4) is 0 Å². The van der Waals surface area contributed by atoms with Crippen LogP contribution in [0.15, 0.2) is 16.7 Å². The monoisotopic (exact) mass is 306 g/mol. The van der Waals surface area contributed by atoms with E-state index in [9.17, 15) is 0 Å². The third-order valence-corrected chi connectivity index (χ3v) is 6.03. The Hall–Kier alpha value is -0.780. The minimum Gasteiger partial charge on any atom is -0.440 e. The highest BCUT2D eigenvalue weighted by Gasteiger charge is 2.20. The molecule has 2 aromatic rings. The summed E-state index contributed by atoms with van der Waals surface area (Å²) in [6.07, 6.45) is 6.64. The van der Waals surface area contributed by atoms with Crippen LogP contribution in [0, 0.1) is 0 Å². The first-order valence-corrected chi connectivity index (χ1v) is 9.23. The topological polar surface area (TPSA) is 38.1 Å². The number of aryl methyl sites for hydroxylation is 1. The molecule has 0 bridgehead atoms. The quantitative estimate of drug-likeness (QED) is 0.917. The maximum Gasteiger partial charge on any atom is 0.196 e. The van der Waals surface area contributed by atoms with Gasteiger partial charge in [-0.05, 0) is 36.6 Å². The lowest BCUT2D eigenvalue weighted by Crippen LogP contribution is -2.19. The minimum atomic E-state index is 0.756. The molecule has 1 aliphatic carbocycles. The van der Waals surface area contributed by atoms with E-state index in [0.29, 0.717) is 0 Å². The Bertz CT molecular complexity index is 577. The SMILES string of the molecule is c1nc(CCNC2CC2)oc1-c1cc2c(s1)CCSC2. The van der Waals surface area contributed by atoms with Crippen LogP contribution >= 0.6 is 23.1 Å². The van der Waals surface area contributed by atoms with Crippen molar-refractivity contribution in [1.82, 2.24) is 10.3 Å². The van der Waals surface area contributed by atoms with Crippen molar-refractivity contribution in [3.8, 4) is 10.6 Å². The van der Waals surface area contributed by atoms with Crippen molar-refractivity contribution in [3.05, 3.63) is 28.6 Å². The zero-order chi connectivity index (χ0) is 13.4. The van der Waals surface area contributed by atoms with E-state index >= 15 is 0 Å². The van der Waals surface area contributed by atoms with Gasteiger partial charge in [0, 0.05) is 29.6 Å². The fourth-order valence-corrected chi connectivity index (χ4v) is 4.80. The van der Waals surface area contributed by atoms with Crippen LogP contribution in [-0.4, -0.2) is 23.3 Å². The smallest absolute Gasteiger partial charge is 0.196 e. The molecule has 2 aliphatic rings. The van der Waals surface area contributed by atoms with Crippen LogP contribution in [0.4, 0.5) is 0 Å². The summed E-state index contributed by atoms with van der Waals surface area (Å²) >= 11 is 3.90. The van der Waals surface area contributed by atoms with E-state index in [1.807, 2.05) is 29.3 Å². The van der Waals surface area contributed by atoms with Crippen molar-refractivity contribution in [2.45, 2.75) is 37.5 Å². The Morgan fingerprint density at radius 2 is 2.35 bits per heavy atom. The average molecular weight is 306 g/mol. The fourth-order valence-electron chi connectivity index (χ4n) is 2.48. The summed E-state index contributed by atoms with van der Waals surface area (Å²) in [5.74, 6) is 4.20. The summed E-state index contributed by atoms with van der Waals surface area (Å²) in [5.41, 5.74) is 1.50. The summed E-state index contributed by atoms with van der Waals surface area (Å²) in [7, 11) is 0. The van der Waals surface area contributed by atoms with Crippen LogP contribution in [0.5, 0.6) is 0 Å². The van der Waals surface area contributed by atoms with Crippen molar-refractivity contribution in [3.63, 3.8) is 0 Å². The second-order valence-electron chi connectivity index (χ2n) is 5.46. The predicted octanol–water partition coefficient (Wildman–Crippen LogP) is 3.49. The van der Waals surface area contributed by atoms with Crippen LogP contribution in [-0.2, 0) is 18.6 Å². The first kappa shape index (κ1) is 12.9. The van der Waals surface area contributed by atoms with Crippen LogP contribution in [0.2, 0.25) is 0 Å². The largest absolute Gasteiger partial charge is 0.440 e. The number of oxazole rings is 1. The third-order valence-electron chi connectivity index (χ3n) is 3.77. The molecule has 0 unspecified atom stereocenters. The summed E-state index contributed by atoms with van der Waals surface area (Å²) in [6, 6.07) is 3.05. The Labute approximate surface area is 127 Å². The van der Waals surface area contributed by atoms with Crippen LogP contribution in [0.25, 0.3) is 10.6 Å². The molecule has 0 spiro atoms. The van der Waals surface area contributed by atoms with Crippen molar-refractivity contribution < 1.29 is 4.42 Å². The van der Waals surface area contributed by atoms with Crippen molar-refractivity contribution >= 4 is 23.1 Å². The van der Waals surface area contributed by atoms with Crippen molar-refractivity contribution in [2.75, 3.05) is 12.3 Å². The van der Waals surface area contributed by atoms with Gasteiger partial charge in [0.1, 0.15) is 0 Å². The number of thiophene rings is 1.